The number of rotatable bonds is 5. The van der Waals surface area contributed by atoms with Crippen LogP contribution in [0.1, 0.15) is 83.7 Å². The third-order valence-corrected chi connectivity index (χ3v) is 7.28. The largest absolute Gasteiger partial charge is 0.382 e. The van der Waals surface area contributed by atoms with E-state index in [1.807, 2.05) is 23.1 Å². The first kappa shape index (κ1) is 24.9. The van der Waals surface area contributed by atoms with Gasteiger partial charge in [0, 0.05) is 41.1 Å². The summed E-state index contributed by atoms with van der Waals surface area (Å²) in [5, 5.41) is 26.9. The van der Waals surface area contributed by atoms with E-state index in [-0.39, 0.29) is 6.04 Å². The van der Waals surface area contributed by atoms with E-state index >= 15 is 0 Å². The summed E-state index contributed by atoms with van der Waals surface area (Å²) in [6.07, 6.45) is 18.0. The molecule has 37 heavy (non-hydrogen) atoms. The monoisotopic (exact) mass is 497 g/mol. The fraction of sp³-hybridized carbons (Fsp3) is 0.500. The van der Waals surface area contributed by atoms with Crippen molar-refractivity contribution in [1.82, 2.24) is 34.7 Å². The minimum atomic E-state index is 0.220. The maximum Gasteiger partial charge on any atom is 0.164 e. The van der Waals surface area contributed by atoms with E-state index in [9.17, 15) is 0 Å². The molecule has 2 fully saturated rings. The molecule has 9 nitrogen and oxygen atoms in total. The number of hydrogen-bond donors (Lipinski definition) is 1. The van der Waals surface area contributed by atoms with Gasteiger partial charge in [-0.15, -0.1) is 5.10 Å². The minimum absolute atomic E-state index is 0.220. The average molecular weight is 498 g/mol. The summed E-state index contributed by atoms with van der Waals surface area (Å²) in [5.41, 5.74) is 3.77. The second-order valence-corrected chi connectivity index (χ2v) is 10.5. The fourth-order valence-electron chi connectivity index (χ4n) is 4.85. The summed E-state index contributed by atoms with van der Waals surface area (Å²) in [6, 6.07) is 6.47. The van der Waals surface area contributed by atoms with Crippen LogP contribution in [-0.4, -0.2) is 40.8 Å². The standard InChI is InChI=1S/C24H27N9.C4H8/c1-15(2)29-20-9-23(33-24-18(12-28-33)8-17(10-25)11-27-24)26-13-19(20)21-14-32(31-30-21)22-7-5-4-6-16(22)3;1-2-4-3-1/h8-9,11-16,22H,4-7H2,1-3H3,(H,26,29);1-4H2. The molecule has 4 aromatic rings. The Bertz CT molecular complexity index is 1390. The number of fused-ring (bicyclic) bond motifs is 1. The third-order valence-electron chi connectivity index (χ3n) is 7.28. The lowest BCUT2D eigenvalue weighted by Crippen LogP contribution is -2.21. The van der Waals surface area contributed by atoms with Crippen molar-refractivity contribution in [3.8, 4) is 23.1 Å². The molecule has 0 aromatic carbocycles. The first-order valence-electron chi connectivity index (χ1n) is 13.5. The molecule has 0 bridgehead atoms. The van der Waals surface area contributed by atoms with Gasteiger partial charge in [0.15, 0.2) is 11.5 Å². The maximum atomic E-state index is 9.13. The molecule has 6 rings (SSSR count). The molecule has 0 amide bonds. The molecule has 2 atom stereocenters. The zero-order chi connectivity index (χ0) is 25.8. The number of nitriles is 1. The highest BCUT2D eigenvalue weighted by Gasteiger charge is 2.25. The van der Waals surface area contributed by atoms with Gasteiger partial charge in [0.05, 0.1) is 24.0 Å². The highest BCUT2D eigenvalue weighted by Crippen LogP contribution is 2.35. The Balaban J connectivity index is 0.000000640. The number of nitrogens with one attached hydrogen (secondary N) is 1. The van der Waals surface area contributed by atoms with Crippen molar-refractivity contribution in [3.05, 3.63) is 42.5 Å². The van der Waals surface area contributed by atoms with Crippen LogP contribution in [0.15, 0.2) is 36.9 Å². The number of hydrogen-bond acceptors (Lipinski definition) is 7. The molecule has 1 N–H and O–H groups in total. The Hall–Kier alpha value is -3.80. The summed E-state index contributed by atoms with van der Waals surface area (Å²) in [5.74, 6) is 1.24. The van der Waals surface area contributed by atoms with E-state index in [1.54, 1.807) is 23.1 Å². The molecule has 0 radical (unpaired) electrons. The van der Waals surface area contributed by atoms with Gasteiger partial charge >= 0.3 is 0 Å². The SMILES string of the molecule is C1CCC1.CC(C)Nc1cc(-n2ncc3cc(C#N)cnc32)ncc1-c1cn(C2CCCCC2C)nn1. The molecule has 2 saturated carbocycles. The van der Waals surface area contributed by atoms with Crippen molar-refractivity contribution in [2.75, 3.05) is 5.32 Å². The molecule has 192 valence electrons. The number of nitrogens with zero attached hydrogens (tertiary/aromatic N) is 8. The lowest BCUT2D eigenvalue weighted by atomic mass is 9.86. The maximum absolute atomic E-state index is 9.13. The van der Waals surface area contributed by atoms with Gasteiger partial charge < -0.3 is 5.32 Å². The van der Waals surface area contributed by atoms with E-state index in [0.717, 1.165) is 28.8 Å². The van der Waals surface area contributed by atoms with Crippen molar-refractivity contribution in [2.45, 2.75) is 84.2 Å². The van der Waals surface area contributed by atoms with Gasteiger partial charge in [-0.1, -0.05) is 50.7 Å². The van der Waals surface area contributed by atoms with Gasteiger partial charge in [-0.25, -0.2) is 14.6 Å². The van der Waals surface area contributed by atoms with Gasteiger partial charge in [-0.05, 0) is 38.7 Å². The minimum Gasteiger partial charge on any atom is -0.382 e. The molecule has 0 aliphatic heterocycles. The molecule has 4 heterocycles. The number of anilines is 1. The molecule has 4 aromatic heterocycles. The molecular weight excluding hydrogens is 462 g/mol. The second-order valence-electron chi connectivity index (χ2n) is 10.5. The number of pyridine rings is 2. The van der Waals surface area contributed by atoms with Crippen LogP contribution in [-0.2, 0) is 0 Å². The Morgan fingerprint density at radius 3 is 2.49 bits per heavy atom. The Labute approximate surface area is 217 Å². The van der Waals surface area contributed by atoms with Crippen LogP contribution in [0.3, 0.4) is 0 Å². The molecule has 9 heteroatoms. The predicted molar refractivity (Wildman–Crippen MR) is 144 cm³/mol. The van der Waals surface area contributed by atoms with E-state index in [2.05, 4.69) is 57.5 Å². The van der Waals surface area contributed by atoms with Gasteiger partial charge in [0.2, 0.25) is 0 Å². The van der Waals surface area contributed by atoms with Crippen LogP contribution in [0.4, 0.5) is 5.69 Å². The van der Waals surface area contributed by atoms with Crippen molar-refractivity contribution in [2.24, 2.45) is 5.92 Å². The summed E-state index contributed by atoms with van der Waals surface area (Å²) < 4.78 is 3.72. The smallest absolute Gasteiger partial charge is 0.164 e. The fourth-order valence-corrected chi connectivity index (χ4v) is 4.85. The normalized spacial score (nSPS) is 19.1. The molecule has 2 aliphatic carbocycles. The summed E-state index contributed by atoms with van der Waals surface area (Å²) in [7, 11) is 0. The van der Waals surface area contributed by atoms with Gasteiger partial charge in [-0.2, -0.15) is 15.0 Å². The molecule has 2 unspecified atom stereocenters. The molecule has 2 aliphatic rings. The summed E-state index contributed by atoms with van der Waals surface area (Å²) >= 11 is 0. The van der Waals surface area contributed by atoms with Crippen molar-refractivity contribution in [1.29, 1.82) is 5.26 Å². The van der Waals surface area contributed by atoms with Crippen LogP contribution >= 0.6 is 0 Å². The van der Waals surface area contributed by atoms with Crippen LogP contribution in [0, 0.1) is 17.2 Å². The third kappa shape index (κ3) is 5.48. The first-order chi connectivity index (χ1) is 18.0. The molecular formula is C28H35N9. The zero-order valence-electron chi connectivity index (χ0n) is 21.9. The Kier molecular flexibility index (Phi) is 7.45. The van der Waals surface area contributed by atoms with Gasteiger partial charge in [-0.3, -0.25) is 0 Å². The Morgan fingerprint density at radius 1 is 1.00 bits per heavy atom. The van der Waals surface area contributed by atoms with Gasteiger partial charge in [0.25, 0.3) is 0 Å². The van der Waals surface area contributed by atoms with Crippen molar-refractivity contribution in [3.63, 3.8) is 0 Å². The second kappa shape index (κ2) is 11.1. The first-order valence-corrected chi connectivity index (χ1v) is 13.5. The van der Waals surface area contributed by atoms with Crippen LogP contribution < -0.4 is 5.32 Å². The predicted octanol–water partition coefficient (Wildman–Crippen LogP) is 6.08. The topological polar surface area (TPSA) is 110 Å². The zero-order valence-corrected chi connectivity index (χ0v) is 21.9. The van der Waals surface area contributed by atoms with E-state index in [4.69, 9.17) is 5.26 Å². The average Bonchev–Trinajstić information content (AvgIpc) is 3.50. The van der Waals surface area contributed by atoms with Crippen molar-refractivity contribution < 1.29 is 0 Å². The molecule has 0 spiro atoms. The van der Waals surface area contributed by atoms with E-state index < -0.39 is 0 Å². The lowest BCUT2D eigenvalue weighted by Gasteiger charge is -2.28. The van der Waals surface area contributed by atoms with Gasteiger partial charge in [0.1, 0.15) is 11.8 Å². The molecule has 0 saturated heterocycles. The van der Waals surface area contributed by atoms with Crippen LogP contribution in [0.2, 0.25) is 0 Å². The van der Waals surface area contributed by atoms with Crippen molar-refractivity contribution >= 4 is 16.7 Å². The lowest BCUT2D eigenvalue weighted by molar-refractivity contribution is 0.237. The summed E-state index contributed by atoms with van der Waals surface area (Å²) in [6.45, 7) is 6.49. The van der Waals surface area contributed by atoms with E-state index in [1.165, 1.54) is 44.9 Å². The van der Waals surface area contributed by atoms with E-state index in [0.29, 0.717) is 29.0 Å². The summed E-state index contributed by atoms with van der Waals surface area (Å²) in [4.78, 5) is 9.09. The van der Waals surface area contributed by atoms with Crippen LogP contribution in [0.25, 0.3) is 28.1 Å². The quantitative estimate of drug-likeness (QED) is 0.356. The van der Waals surface area contributed by atoms with Crippen LogP contribution in [0.5, 0.6) is 0 Å². The Morgan fingerprint density at radius 2 is 1.78 bits per heavy atom. The highest BCUT2D eigenvalue weighted by atomic mass is 15.4. The highest BCUT2D eigenvalue weighted by molar-refractivity contribution is 5.79. The number of aromatic nitrogens is 7.